The van der Waals surface area contributed by atoms with Gasteiger partial charge in [-0.3, -0.25) is 0 Å². The van der Waals surface area contributed by atoms with Crippen molar-refractivity contribution in [3.05, 3.63) is 28.8 Å². The van der Waals surface area contributed by atoms with Crippen LogP contribution in [0.25, 0.3) is 0 Å². The van der Waals surface area contributed by atoms with Crippen molar-refractivity contribution in [1.29, 1.82) is 0 Å². The fraction of sp³-hybridized carbons (Fsp3) is 0.500. The highest BCUT2D eigenvalue weighted by Crippen LogP contribution is 2.34. The third kappa shape index (κ3) is 3.56. The number of hydrogen-bond acceptors (Lipinski definition) is 3. The zero-order chi connectivity index (χ0) is 14.0. The molecule has 1 fully saturated rings. The number of nitrogens with two attached hydrogens (primary N) is 1. The molecule has 0 radical (unpaired) electrons. The lowest BCUT2D eigenvalue weighted by atomic mass is 10.1. The second-order valence-electron chi connectivity index (χ2n) is 5.34. The lowest BCUT2D eigenvalue weighted by Gasteiger charge is -2.26. The SMILES string of the molecule is CC1(C)CCN(c2cccc(Cl)c2C(N)=S)CCS1. The summed E-state index contributed by atoms with van der Waals surface area (Å²) in [5.41, 5.74) is 7.71. The zero-order valence-electron chi connectivity index (χ0n) is 11.3. The fourth-order valence-corrected chi connectivity index (χ4v) is 3.92. The van der Waals surface area contributed by atoms with Crippen LogP contribution < -0.4 is 10.6 Å². The molecule has 0 spiro atoms. The molecular weight excluding hydrogens is 296 g/mol. The summed E-state index contributed by atoms with van der Waals surface area (Å²) in [5.74, 6) is 1.11. The molecule has 2 N–H and O–H groups in total. The number of benzene rings is 1. The van der Waals surface area contributed by atoms with Gasteiger partial charge in [-0.1, -0.05) is 43.7 Å². The Kier molecular flexibility index (Phi) is 4.64. The lowest BCUT2D eigenvalue weighted by molar-refractivity contribution is 0.637. The Balaban J connectivity index is 2.32. The first-order valence-corrected chi connectivity index (χ1v) is 8.15. The maximum Gasteiger partial charge on any atom is 0.107 e. The molecule has 1 aromatic rings. The van der Waals surface area contributed by atoms with E-state index in [1.165, 1.54) is 0 Å². The molecule has 19 heavy (non-hydrogen) atoms. The number of thioether (sulfide) groups is 1. The van der Waals surface area contributed by atoms with Gasteiger partial charge in [0.05, 0.1) is 10.6 Å². The van der Waals surface area contributed by atoms with Crippen LogP contribution in [0.15, 0.2) is 18.2 Å². The maximum absolute atomic E-state index is 6.24. The van der Waals surface area contributed by atoms with E-state index in [1.807, 2.05) is 23.9 Å². The number of thiocarbonyl (C=S) groups is 1. The van der Waals surface area contributed by atoms with E-state index in [2.05, 4.69) is 24.8 Å². The molecule has 0 aromatic heterocycles. The van der Waals surface area contributed by atoms with Gasteiger partial charge in [0.25, 0.3) is 0 Å². The van der Waals surface area contributed by atoms with Crippen molar-refractivity contribution in [3.63, 3.8) is 0 Å². The van der Waals surface area contributed by atoms with Gasteiger partial charge in [-0.15, -0.1) is 0 Å². The maximum atomic E-state index is 6.24. The number of anilines is 1. The highest BCUT2D eigenvalue weighted by molar-refractivity contribution is 8.00. The average molecular weight is 315 g/mol. The Morgan fingerprint density at radius 2 is 2.16 bits per heavy atom. The second kappa shape index (κ2) is 5.90. The van der Waals surface area contributed by atoms with Crippen LogP contribution in [0.1, 0.15) is 25.8 Å². The number of halogens is 1. The molecule has 1 heterocycles. The van der Waals surface area contributed by atoms with Crippen LogP contribution >= 0.6 is 35.6 Å². The van der Waals surface area contributed by atoms with Gasteiger partial charge in [0, 0.05) is 29.3 Å². The summed E-state index contributed by atoms with van der Waals surface area (Å²) in [4.78, 5) is 2.72. The second-order valence-corrected chi connectivity index (χ2v) is 7.99. The van der Waals surface area contributed by atoms with Crippen molar-refractivity contribution >= 4 is 46.3 Å². The van der Waals surface area contributed by atoms with Crippen molar-refractivity contribution < 1.29 is 0 Å². The third-order valence-electron chi connectivity index (χ3n) is 3.42. The fourth-order valence-electron chi connectivity index (χ4n) is 2.28. The Hall–Kier alpha value is -0.450. The Labute approximate surface area is 129 Å². The molecule has 1 aromatic carbocycles. The summed E-state index contributed by atoms with van der Waals surface area (Å²) in [6.45, 7) is 6.61. The summed E-state index contributed by atoms with van der Waals surface area (Å²) < 4.78 is 0.330. The summed E-state index contributed by atoms with van der Waals surface area (Å²) in [6.07, 6.45) is 1.14. The molecule has 1 aliphatic rings. The monoisotopic (exact) mass is 314 g/mol. The van der Waals surface area contributed by atoms with E-state index in [0.29, 0.717) is 14.8 Å². The van der Waals surface area contributed by atoms with Crippen LogP contribution in [0.5, 0.6) is 0 Å². The van der Waals surface area contributed by atoms with Crippen molar-refractivity contribution in [1.82, 2.24) is 0 Å². The smallest absolute Gasteiger partial charge is 0.107 e. The minimum Gasteiger partial charge on any atom is -0.389 e. The molecule has 5 heteroatoms. The molecule has 104 valence electrons. The predicted octanol–water partition coefficient (Wildman–Crippen LogP) is 3.70. The molecule has 0 amide bonds. The molecule has 0 bridgehead atoms. The molecule has 0 aliphatic carbocycles. The minimum atomic E-state index is 0.330. The standard InChI is InChI=1S/C14H19ClN2S2/c1-14(2)6-7-17(8-9-19-14)11-5-3-4-10(15)12(11)13(16)18/h3-5H,6-9H2,1-2H3,(H2,16,18). The van der Waals surface area contributed by atoms with Gasteiger partial charge in [0.1, 0.15) is 4.99 Å². The summed E-state index contributed by atoms with van der Waals surface area (Å²) >= 11 is 13.4. The van der Waals surface area contributed by atoms with Gasteiger partial charge < -0.3 is 10.6 Å². The van der Waals surface area contributed by atoms with Crippen LogP contribution in [-0.2, 0) is 0 Å². The first kappa shape index (κ1) is 14.9. The summed E-state index contributed by atoms with van der Waals surface area (Å²) in [5, 5.41) is 0.640. The third-order valence-corrected chi connectivity index (χ3v) is 5.31. The van der Waals surface area contributed by atoms with Crippen LogP contribution in [0.2, 0.25) is 5.02 Å². The van der Waals surface area contributed by atoms with Crippen LogP contribution in [0.4, 0.5) is 5.69 Å². The van der Waals surface area contributed by atoms with E-state index < -0.39 is 0 Å². The van der Waals surface area contributed by atoms with Gasteiger partial charge >= 0.3 is 0 Å². The molecule has 0 saturated carbocycles. The van der Waals surface area contributed by atoms with Gasteiger partial charge in [-0.2, -0.15) is 11.8 Å². The zero-order valence-corrected chi connectivity index (χ0v) is 13.7. The van der Waals surface area contributed by atoms with Gasteiger partial charge in [0.15, 0.2) is 0 Å². The Morgan fingerprint density at radius 3 is 2.84 bits per heavy atom. The van der Waals surface area contributed by atoms with E-state index in [0.717, 1.165) is 36.5 Å². The minimum absolute atomic E-state index is 0.330. The molecular formula is C14H19ClN2S2. The molecule has 0 atom stereocenters. The normalized spacial score (nSPS) is 19.0. The summed E-state index contributed by atoms with van der Waals surface area (Å²) in [7, 11) is 0. The molecule has 2 rings (SSSR count). The molecule has 1 aliphatic heterocycles. The van der Waals surface area contributed by atoms with E-state index >= 15 is 0 Å². The highest BCUT2D eigenvalue weighted by atomic mass is 35.5. The van der Waals surface area contributed by atoms with E-state index in [-0.39, 0.29) is 0 Å². The van der Waals surface area contributed by atoms with Gasteiger partial charge in [-0.05, 0) is 18.6 Å². The largest absolute Gasteiger partial charge is 0.389 e. The highest BCUT2D eigenvalue weighted by Gasteiger charge is 2.25. The van der Waals surface area contributed by atoms with Crippen molar-refractivity contribution in [2.24, 2.45) is 5.73 Å². The van der Waals surface area contributed by atoms with Crippen molar-refractivity contribution in [2.75, 3.05) is 23.7 Å². The predicted molar refractivity (Wildman–Crippen MR) is 90.7 cm³/mol. The van der Waals surface area contributed by atoms with E-state index in [4.69, 9.17) is 29.6 Å². The molecule has 2 nitrogen and oxygen atoms in total. The van der Waals surface area contributed by atoms with Crippen LogP contribution in [-0.4, -0.2) is 28.6 Å². The van der Waals surface area contributed by atoms with Gasteiger partial charge in [-0.25, -0.2) is 0 Å². The van der Waals surface area contributed by atoms with Crippen LogP contribution in [0.3, 0.4) is 0 Å². The Bertz CT molecular complexity index is 488. The first-order valence-electron chi connectivity index (χ1n) is 6.38. The van der Waals surface area contributed by atoms with Crippen LogP contribution in [0, 0.1) is 0 Å². The first-order chi connectivity index (χ1) is 8.91. The average Bonchev–Trinajstić information content (AvgIpc) is 2.49. The number of rotatable bonds is 2. The van der Waals surface area contributed by atoms with Crippen molar-refractivity contribution in [3.8, 4) is 0 Å². The number of hydrogen-bond donors (Lipinski definition) is 1. The Morgan fingerprint density at radius 1 is 1.42 bits per heavy atom. The molecule has 1 saturated heterocycles. The number of nitrogens with zero attached hydrogens (tertiary/aromatic N) is 1. The summed E-state index contributed by atoms with van der Waals surface area (Å²) in [6, 6.07) is 5.86. The van der Waals surface area contributed by atoms with E-state index in [1.54, 1.807) is 0 Å². The molecule has 0 unspecified atom stereocenters. The van der Waals surface area contributed by atoms with Gasteiger partial charge in [0.2, 0.25) is 0 Å². The van der Waals surface area contributed by atoms with E-state index in [9.17, 15) is 0 Å². The van der Waals surface area contributed by atoms with Crippen molar-refractivity contribution in [2.45, 2.75) is 25.0 Å². The lowest BCUT2D eigenvalue weighted by Crippen LogP contribution is -2.29. The topological polar surface area (TPSA) is 29.3 Å². The quantitative estimate of drug-likeness (QED) is 0.843.